The highest BCUT2D eigenvalue weighted by Gasteiger charge is 2.19. The zero-order valence-electron chi connectivity index (χ0n) is 15.7. The molecule has 1 aromatic carbocycles. The second-order valence-electron chi connectivity index (χ2n) is 5.94. The maximum atomic E-state index is 12.3. The molecule has 0 aliphatic rings. The molecule has 0 saturated carbocycles. The number of nitrogen functional groups attached to an aromatic ring is 1. The molecule has 27 heavy (non-hydrogen) atoms. The Morgan fingerprint density at radius 1 is 1.30 bits per heavy atom. The third-order valence-electron chi connectivity index (χ3n) is 4.01. The smallest absolute Gasteiger partial charge is 0.330 e. The van der Waals surface area contributed by atoms with Crippen LogP contribution in [0.15, 0.2) is 33.9 Å². The van der Waals surface area contributed by atoms with E-state index in [2.05, 4.69) is 10.3 Å². The third kappa shape index (κ3) is 4.88. The van der Waals surface area contributed by atoms with Gasteiger partial charge in [-0.15, -0.1) is 0 Å². The van der Waals surface area contributed by atoms with Crippen LogP contribution in [0.5, 0.6) is 5.75 Å². The highest BCUT2D eigenvalue weighted by Crippen LogP contribution is 2.19. The fraction of sp³-hybridized carbons (Fsp3) is 0.389. The predicted octanol–water partition coefficient (Wildman–Crippen LogP) is 2.15. The van der Waals surface area contributed by atoms with Gasteiger partial charge in [0.2, 0.25) is 0 Å². The minimum Gasteiger partial charge on any atom is -0.494 e. The number of nitrogens with two attached hydrogens (primary N) is 1. The minimum absolute atomic E-state index is 0.0931. The van der Waals surface area contributed by atoms with Crippen molar-refractivity contribution >= 4 is 34.5 Å². The SMILES string of the molecule is CCCCn1c(N)c(N(C)C(=S)Nc2ccc(OCC)cc2)c(=O)[nH]c1=O. The van der Waals surface area contributed by atoms with Crippen LogP contribution in [0.25, 0.3) is 0 Å². The molecule has 0 atom stereocenters. The largest absolute Gasteiger partial charge is 0.494 e. The van der Waals surface area contributed by atoms with Gasteiger partial charge in [-0.2, -0.15) is 0 Å². The lowest BCUT2D eigenvalue weighted by molar-refractivity contribution is 0.340. The van der Waals surface area contributed by atoms with Gasteiger partial charge in [-0.1, -0.05) is 13.3 Å². The highest BCUT2D eigenvalue weighted by atomic mass is 32.1. The number of H-pyrrole nitrogens is 1. The molecule has 1 heterocycles. The third-order valence-corrected chi connectivity index (χ3v) is 4.38. The van der Waals surface area contributed by atoms with E-state index in [0.717, 1.165) is 24.3 Å². The van der Waals surface area contributed by atoms with Crippen LogP contribution in [0.2, 0.25) is 0 Å². The van der Waals surface area contributed by atoms with Crippen molar-refractivity contribution in [3.8, 4) is 5.75 Å². The summed E-state index contributed by atoms with van der Waals surface area (Å²) in [6.45, 7) is 4.94. The normalized spacial score (nSPS) is 10.5. The van der Waals surface area contributed by atoms with E-state index in [4.69, 9.17) is 22.7 Å². The van der Waals surface area contributed by atoms with Gasteiger partial charge in [-0.25, -0.2) is 4.79 Å². The Morgan fingerprint density at radius 3 is 2.56 bits per heavy atom. The van der Waals surface area contributed by atoms with Gasteiger partial charge in [-0.05, 0) is 49.8 Å². The molecule has 2 rings (SSSR count). The Labute approximate surface area is 163 Å². The molecule has 0 radical (unpaired) electrons. The van der Waals surface area contributed by atoms with E-state index in [1.54, 1.807) is 7.05 Å². The fourth-order valence-electron chi connectivity index (χ4n) is 2.55. The average molecular weight is 391 g/mol. The molecule has 0 saturated heterocycles. The summed E-state index contributed by atoms with van der Waals surface area (Å²) in [7, 11) is 1.62. The van der Waals surface area contributed by atoms with E-state index in [-0.39, 0.29) is 16.6 Å². The quantitative estimate of drug-likeness (QED) is 0.621. The van der Waals surface area contributed by atoms with E-state index in [1.807, 2.05) is 38.1 Å². The first-order valence-electron chi connectivity index (χ1n) is 8.79. The lowest BCUT2D eigenvalue weighted by Crippen LogP contribution is -2.40. The van der Waals surface area contributed by atoms with Gasteiger partial charge in [0.25, 0.3) is 5.56 Å². The van der Waals surface area contributed by atoms with Crippen LogP contribution in [-0.2, 0) is 6.54 Å². The van der Waals surface area contributed by atoms with Crippen molar-refractivity contribution in [2.24, 2.45) is 0 Å². The minimum atomic E-state index is -0.580. The Balaban J connectivity index is 2.25. The number of nitrogens with one attached hydrogen (secondary N) is 2. The van der Waals surface area contributed by atoms with Crippen molar-refractivity contribution in [1.82, 2.24) is 9.55 Å². The molecule has 0 spiro atoms. The number of hydrogen-bond acceptors (Lipinski definition) is 5. The zero-order valence-corrected chi connectivity index (χ0v) is 16.6. The molecular formula is C18H25N5O3S. The molecule has 0 aliphatic carbocycles. The number of anilines is 3. The monoisotopic (exact) mass is 391 g/mol. The fourth-order valence-corrected chi connectivity index (χ4v) is 2.76. The molecule has 0 fully saturated rings. The topological polar surface area (TPSA) is 105 Å². The van der Waals surface area contributed by atoms with E-state index >= 15 is 0 Å². The summed E-state index contributed by atoms with van der Waals surface area (Å²) in [6.07, 6.45) is 1.67. The molecule has 9 heteroatoms. The van der Waals surface area contributed by atoms with E-state index < -0.39 is 11.2 Å². The van der Waals surface area contributed by atoms with E-state index in [1.165, 1.54) is 9.47 Å². The summed E-state index contributed by atoms with van der Waals surface area (Å²) in [4.78, 5) is 28.1. The summed E-state index contributed by atoms with van der Waals surface area (Å²) in [6, 6.07) is 7.28. The van der Waals surface area contributed by atoms with Crippen LogP contribution in [0.3, 0.4) is 0 Å². The number of rotatable bonds is 7. The first-order chi connectivity index (χ1) is 12.9. The van der Waals surface area contributed by atoms with Gasteiger partial charge in [-0.3, -0.25) is 14.3 Å². The second-order valence-corrected chi connectivity index (χ2v) is 6.33. The summed E-state index contributed by atoms with van der Waals surface area (Å²) < 4.78 is 6.76. The number of aromatic amines is 1. The van der Waals surface area contributed by atoms with Crippen LogP contribution in [0.4, 0.5) is 17.2 Å². The Bertz CT molecular complexity index is 905. The van der Waals surface area contributed by atoms with Crippen molar-refractivity contribution in [3.63, 3.8) is 0 Å². The molecule has 4 N–H and O–H groups in total. The number of ether oxygens (including phenoxy) is 1. The summed E-state index contributed by atoms with van der Waals surface area (Å²) in [5, 5.41) is 3.32. The van der Waals surface area contributed by atoms with Crippen LogP contribution in [0.1, 0.15) is 26.7 Å². The number of hydrogen-bond donors (Lipinski definition) is 3. The van der Waals surface area contributed by atoms with Gasteiger partial charge >= 0.3 is 5.69 Å². The van der Waals surface area contributed by atoms with Crippen LogP contribution in [-0.4, -0.2) is 28.3 Å². The first kappa shape index (κ1) is 20.5. The van der Waals surface area contributed by atoms with Crippen molar-refractivity contribution in [3.05, 3.63) is 45.1 Å². The summed E-state index contributed by atoms with van der Waals surface area (Å²) in [5.41, 5.74) is 5.88. The molecule has 0 aliphatic heterocycles. The second kappa shape index (κ2) is 9.22. The van der Waals surface area contributed by atoms with Gasteiger partial charge < -0.3 is 20.7 Å². The molecule has 2 aromatic rings. The molecule has 1 aromatic heterocycles. The number of benzene rings is 1. The van der Waals surface area contributed by atoms with Crippen LogP contribution in [0, 0.1) is 0 Å². The Kier molecular flexibility index (Phi) is 7.00. The van der Waals surface area contributed by atoms with Gasteiger partial charge in [0, 0.05) is 19.3 Å². The molecular weight excluding hydrogens is 366 g/mol. The average Bonchev–Trinajstić information content (AvgIpc) is 2.63. The first-order valence-corrected chi connectivity index (χ1v) is 9.20. The summed E-state index contributed by atoms with van der Waals surface area (Å²) >= 11 is 5.40. The molecule has 0 bridgehead atoms. The van der Waals surface area contributed by atoms with Crippen molar-refractivity contribution in [2.45, 2.75) is 33.2 Å². The van der Waals surface area contributed by atoms with Crippen molar-refractivity contribution in [2.75, 3.05) is 29.6 Å². The van der Waals surface area contributed by atoms with Gasteiger partial charge in [0.15, 0.2) is 5.11 Å². The van der Waals surface area contributed by atoms with Crippen molar-refractivity contribution in [1.29, 1.82) is 0 Å². The molecule has 146 valence electrons. The number of nitrogens with zero attached hydrogens (tertiary/aromatic N) is 2. The lowest BCUT2D eigenvalue weighted by atomic mass is 10.3. The Morgan fingerprint density at radius 2 is 1.96 bits per heavy atom. The number of unbranched alkanes of at least 4 members (excludes halogenated alkanes) is 1. The van der Waals surface area contributed by atoms with E-state index in [9.17, 15) is 9.59 Å². The van der Waals surface area contributed by atoms with Crippen LogP contribution >= 0.6 is 12.2 Å². The molecule has 8 nitrogen and oxygen atoms in total. The van der Waals surface area contributed by atoms with Gasteiger partial charge in [0.05, 0.1) is 6.61 Å². The van der Waals surface area contributed by atoms with Crippen LogP contribution < -0.4 is 31.9 Å². The maximum Gasteiger partial charge on any atom is 0.330 e. The number of aromatic nitrogens is 2. The lowest BCUT2D eigenvalue weighted by Gasteiger charge is -2.23. The summed E-state index contributed by atoms with van der Waals surface area (Å²) in [5.74, 6) is 0.849. The molecule has 0 unspecified atom stereocenters. The maximum absolute atomic E-state index is 12.3. The van der Waals surface area contributed by atoms with Crippen molar-refractivity contribution < 1.29 is 4.74 Å². The predicted molar refractivity (Wildman–Crippen MR) is 113 cm³/mol. The Hall–Kier alpha value is -2.81. The number of thiocarbonyl (C=S) groups is 1. The molecule has 0 amide bonds. The van der Waals surface area contributed by atoms with Gasteiger partial charge in [0.1, 0.15) is 17.3 Å². The van der Waals surface area contributed by atoms with E-state index in [0.29, 0.717) is 13.2 Å². The zero-order chi connectivity index (χ0) is 20.0. The highest BCUT2D eigenvalue weighted by molar-refractivity contribution is 7.80. The standard InChI is InChI=1S/C18H25N5O3S/c1-4-6-11-23-15(19)14(16(24)21-17(23)25)22(3)18(27)20-12-7-9-13(10-8-12)26-5-2/h7-10H,4-6,11,19H2,1-3H3,(H,20,27)(H,21,24,25).